The van der Waals surface area contributed by atoms with Gasteiger partial charge in [0.25, 0.3) is 0 Å². The summed E-state index contributed by atoms with van der Waals surface area (Å²) in [5.41, 5.74) is 0.897. The predicted molar refractivity (Wildman–Crippen MR) is 104 cm³/mol. The highest BCUT2D eigenvalue weighted by Gasteiger charge is 2.40. The van der Waals surface area contributed by atoms with Crippen molar-refractivity contribution in [1.82, 2.24) is 9.97 Å². The normalized spacial score (nSPS) is 18.7. The Morgan fingerprint density at radius 2 is 1.89 bits per heavy atom. The summed E-state index contributed by atoms with van der Waals surface area (Å²) in [6.07, 6.45) is 1.71. The molecule has 1 aromatic carbocycles. The Morgan fingerprint density at radius 3 is 2.63 bits per heavy atom. The Labute approximate surface area is 159 Å². The van der Waals surface area contributed by atoms with Crippen LogP contribution in [0.5, 0.6) is 5.75 Å². The molecule has 7 nitrogen and oxygen atoms in total. The number of nitrogens with one attached hydrogen (secondary N) is 1. The lowest BCUT2D eigenvalue weighted by atomic mass is 10.0. The lowest BCUT2D eigenvalue weighted by molar-refractivity contribution is -0.169. The van der Waals surface area contributed by atoms with Gasteiger partial charge in [-0.25, -0.2) is 9.97 Å². The van der Waals surface area contributed by atoms with E-state index in [9.17, 15) is 0 Å². The molecule has 0 saturated carbocycles. The fraction of sp³-hybridized carbons (Fsp3) is 0.500. The molecule has 144 valence electrons. The molecule has 0 unspecified atom stereocenters. The molecule has 2 fully saturated rings. The van der Waals surface area contributed by atoms with E-state index in [0.717, 1.165) is 54.8 Å². The van der Waals surface area contributed by atoms with Crippen LogP contribution in [0.3, 0.4) is 0 Å². The quantitative estimate of drug-likeness (QED) is 0.866. The minimum absolute atomic E-state index is 0.379. The van der Waals surface area contributed by atoms with E-state index >= 15 is 0 Å². The summed E-state index contributed by atoms with van der Waals surface area (Å²) < 4.78 is 17.3. The van der Waals surface area contributed by atoms with Gasteiger partial charge in [-0.1, -0.05) is 12.1 Å². The Kier molecular flexibility index (Phi) is 5.13. The first-order chi connectivity index (χ1) is 13.2. The molecule has 0 radical (unpaired) electrons. The molecule has 1 spiro atoms. The Morgan fingerprint density at radius 1 is 1.15 bits per heavy atom. The molecular formula is C20H26N4O3. The van der Waals surface area contributed by atoms with Gasteiger partial charge in [0.15, 0.2) is 5.79 Å². The second-order valence-electron chi connectivity index (χ2n) is 6.81. The number of para-hydroxylation sites is 2. The second kappa shape index (κ2) is 7.70. The topological polar surface area (TPSA) is 68.7 Å². The van der Waals surface area contributed by atoms with E-state index in [4.69, 9.17) is 14.2 Å². The second-order valence-corrected chi connectivity index (χ2v) is 6.81. The molecule has 7 heteroatoms. The van der Waals surface area contributed by atoms with E-state index < -0.39 is 0 Å². The third kappa shape index (κ3) is 3.99. The number of benzene rings is 1. The van der Waals surface area contributed by atoms with Crippen LogP contribution in [0.2, 0.25) is 0 Å². The Hall–Kier alpha value is -2.38. The van der Waals surface area contributed by atoms with Gasteiger partial charge in [-0.15, -0.1) is 0 Å². The Bertz CT molecular complexity index is 783. The van der Waals surface area contributed by atoms with Crippen molar-refractivity contribution in [3.05, 3.63) is 36.2 Å². The molecule has 27 heavy (non-hydrogen) atoms. The number of ether oxygens (including phenoxy) is 3. The smallest absolute Gasteiger partial charge is 0.171 e. The van der Waals surface area contributed by atoms with E-state index in [1.807, 2.05) is 44.2 Å². The van der Waals surface area contributed by atoms with E-state index in [2.05, 4.69) is 20.2 Å². The van der Waals surface area contributed by atoms with Crippen LogP contribution in [0.4, 0.5) is 17.3 Å². The van der Waals surface area contributed by atoms with Crippen LogP contribution in [0, 0.1) is 6.92 Å². The standard InChI is InChI=1S/C20H26N4O3/c1-3-25-17-7-5-4-6-16(17)23-18-14-19(22-15(2)21-18)24-10-8-20(9-11-24)26-12-13-27-20/h4-7,14H,3,8-13H2,1-2H3,(H,21,22,23). The van der Waals surface area contributed by atoms with Crippen molar-refractivity contribution in [1.29, 1.82) is 0 Å². The van der Waals surface area contributed by atoms with Gasteiger partial charge in [0.1, 0.15) is 23.2 Å². The maximum absolute atomic E-state index is 5.82. The van der Waals surface area contributed by atoms with Gasteiger partial charge in [0, 0.05) is 32.0 Å². The fourth-order valence-electron chi connectivity index (χ4n) is 3.63. The van der Waals surface area contributed by atoms with Gasteiger partial charge < -0.3 is 24.4 Å². The molecule has 4 rings (SSSR count). The van der Waals surface area contributed by atoms with Crippen molar-refractivity contribution in [2.24, 2.45) is 0 Å². The fourth-order valence-corrected chi connectivity index (χ4v) is 3.63. The lowest BCUT2D eigenvalue weighted by Crippen LogP contribution is -2.45. The minimum atomic E-state index is -0.379. The van der Waals surface area contributed by atoms with Gasteiger partial charge in [0.05, 0.1) is 25.5 Å². The van der Waals surface area contributed by atoms with Crippen LogP contribution in [-0.4, -0.2) is 48.7 Å². The van der Waals surface area contributed by atoms with Crippen molar-refractivity contribution in [3.63, 3.8) is 0 Å². The number of rotatable bonds is 5. The SMILES string of the molecule is CCOc1ccccc1Nc1cc(N2CCC3(CC2)OCCO3)nc(C)n1. The molecule has 2 aliphatic rings. The number of nitrogens with zero attached hydrogens (tertiary/aromatic N) is 3. The molecule has 1 aromatic heterocycles. The van der Waals surface area contributed by atoms with Crippen LogP contribution in [-0.2, 0) is 9.47 Å². The molecule has 0 aliphatic carbocycles. The van der Waals surface area contributed by atoms with E-state index in [0.29, 0.717) is 19.8 Å². The number of aryl methyl sites for hydroxylation is 1. The first kappa shape index (κ1) is 18.0. The number of anilines is 3. The lowest BCUT2D eigenvalue weighted by Gasteiger charge is -2.38. The summed E-state index contributed by atoms with van der Waals surface area (Å²) in [6, 6.07) is 9.87. The third-order valence-electron chi connectivity index (χ3n) is 4.94. The first-order valence-electron chi connectivity index (χ1n) is 9.55. The number of aromatic nitrogens is 2. The largest absolute Gasteiger partial charge is 0.492 e. The molecule has 2 saturated heterocycles. The molecule has 2 aromatic rings. The van der Waals surface area contributed by atoms with Gasteiger partial charge >= 0.3 is 0 Å². The van der Waals surface area contributed by atoms with Crippen molar-refractivity contribution in [2.45, 2.75) is 32.5 Å². The summed E-state index contributed by atoms with van der Waals surface area (Å²) in [7, 11) is 0. The maximum Gasteiger partial charge on any atom is 0.171 e. The summed E-state index contributed by atoms with van der Waals surface area (Å²) in [5, 5.41) is 3.37. The molecule has 3 heterocycles. The van der Waals surface area contributed by atoms with E-state index in [1.54, 1.807) is 0 Å². The zero-order valence-electron chi connectivity index (χ0n) is 15.9. The van der Waals surface area contributed by atoms with E-state index in [-0.39, 0.29) is 5.79 Å². The summed E-state index contributed by atoms with van der Waals surface area (Å²) in [6.45, 7) is 7.60. The number of hydrogen-bond acceptors (Lipinski definition) is 7. The molecule has 1 N–H and O–H groups in total. The average Bonchev–Trinajstić information content (AvgIpc) is 3.12. The monoisotopic (exact) mass is 370 g/mol. The maximum atomic E-state index is 5.82. The molecule has 0 atom stereocenters. The zero-order valence-corrected chi connectivity index (χ0v) is 15.9. The van der Waals surface area contributed by atoms with E-state index in [1.165, 1.54) is 0 Å². The molecule has 2 aliphatic heterocycles. The first-order valence-corrected chi connectivity index (χ1v) is 9.55. The summed E-state index contributed by atoms with van der Waals surface area (Å²) in [4.78, 5) is 11.4. The van der Waals surface area contributed by atoms with Crippen molar-refractivity contribution < 1.29 is 14.2 Å². The predicted octanol–water partition coefficient (Wildman–Crippen LogP) is 3.27. The van der Waals surface area contributed by atoms with Gasteiger partial charge in [0.2, 0.25) is 0 Å². The third-order valence-corrected chi connectivity index (χ3v) is 4.94. The van der Waals surface area contributed by atoms with Crippen molar-refractivity contribution >= 4 is 17.3 Å². The number of piperidine rings is 1. The van der Waals surface area contributed by atoms with Crippen LogP contribution in [0.25, 0.3) is 0 Å². The minimum Gasteiger partial charge on any atom is -0.492 e. The van der Waals surface area contributed by atoms with Gasteiger partial charge in [-0.2, -0.15) is 0 Å². The zero-order chi connectivity index (χ0) is 18.7. The molecular weight excluding hydrogens is 344 g/mol. The summed E-state index contributed by atoms with van der Waals surface area (Å²) >= 11 is 0. The highest BCUT2D eigenvalue weighted by Crippen LogP contribution is 2.33. The van der Waals surface area contributed by atoms with Crippen molar-refractivity contribution in [3.8, 4) is 5.75 Å². The Balaban J connectivity index is 1.51. The average molecular weight is 370 g/mol. The molecule has 0 amide bonds. The van der Waals surface area contributed by atoms with Crippen LogP contribution >= 0.6 is 0 Å². The highest BCUT2D eigenvalue weighted by atomic mass is 16.7. The summed E-state index contributed by atoms with van der Waals surface area (Å²) in [5.74, 6) is 2.85. The van der Waals surface area contributed by atoms with Gasteiger partial charge in [-0.05, 0) is 26.0 Å². The van der Waals surface area contributed by atoms with Gasteiger partial charge in [-0.3, -0.25) is 0 Å². The molecule has 0 bridgehead atoms. The van der Waals surface area contributed by atoms with Crippen LogP contribution in [0.15, 0.2) is 30.3 Å². The highest BCUT2D eigenvalue weighted by molar-refractivity contribution is 5.65. The van der Waals surface area contributed by atoms with Crippen LogP contribution in [0.1, 0.15) is 25.6 Å². The van der Waals surface area contributed by atoms with Crippen LogP contribution < -0.4 is 15.0 Å². The van der Waals surface area contributed by atoms with Crippen molar-refractivity contribution in [2.75, 3.05) is 43.1 Å². The number of hydrogen-bond donors (Lipinski definition) is 1.